The van der Waals surface area contributed by atoms with Crippen molar-refractivity contribution in [1.82, 2.24) is 0 Å². The van der Waals surface area contributed by atoms with Gasteiger partial charge >= 0.3 is 0 Å². The molecule has 0 bridgehead atoms. The molecule has 0 saturated carbocycles. The van der Waals surface area contributed by atoms with Crippen molar-refractivity contribution >= 4 is 0 Å². The molecule has 0 heterocycles. The largest absolute Gasteiger partial charge is 0.870 e. The summed E-state index contributed by atoms with van der Waals surface area (Å²) >= 11 is 0. The summed E-state index contributed by atoms with van der Waals surface area (Å²) < 4.78 is 0. The Morgan fingerprint density at radius 1 is 1.50 bits per heavy atom. The molecule has 0 radical (unpaired) electrons. The molecule has 3 N–H and O–H groups in total. The lowest BCUT2D eigenvalue weighted by Gasteiger charge is -1.96. The van der Waals surface area contributed by atoms with E-state index in [1.165, 1.54) is 0 Å². The van der Waals surface area contributed by atoms with Gasteiger partial charge in [-0.15, -0.1) is 0 Å². The van der Waals surface area contributed by atoms with E-state index in [1.54, 1.807) is 0 Å². The van der Waals surface area contributed by atoms with Gasteiger partial charge in [0.05, 0.1) is 14.1 Å². The van der Waals surface area contributed by atoms with Gasteiger partial charge in [-0.3, -0.25) is 0 Å². The number of rotatable bonds is 1. The van der Waals surface area contributed by atoms with Crippen molar-refractivity contribution in [3.8, 4) is 0 Å². The fraction of sp³-hybridized carbons (Fsp3) is 1.00. The third kappa shape index (κ3) is 9.11. The summed E-state index contributed by atoms with van der Waals surface area (Å²) in [6.07, 6.45) is 0. The molecule has 6 heavy (non-hydrogen) atoms. The summed E-state index contributed by atoms with van der Waals surface area (Å²) in [5.41, 5.74) is 0. The molecule has 0 atom stereocenters. The van der Waals surface area contributed by atoms with E-state index in [0.29, 0.717) is 0 Å². The standard InChI is InChI=1S/C3H9NO.H2O/c1-4(2)3-5;/h5H,3H2,1-2H3;1H2. The van der Waals surface area contributed by atoms with E-state index in [4.69, 9.17) is 5.11 Å². The Balaban J connectivity index is 0. The lowest BCUT2D eigenvalue weighted by molar-refractivity contribution is -0.879. The molecule has 3 heteroatoms. The third-order valence-electron chi connectivity index (χ3n) is 0.316. The van der Waals surface area contributed by atoms with E-state index in [-0.39, 0.29) is 12.2 Å². The van der Waals surface area contributed by atoms with E-state index in [2.05, 4.69) is 0 Å². The van der Waals surface area contributed by atoms with E-state index < -0.39 is 0 Å². The second-order valence-corrected chi connectivity index (χ2v) is 1.37. The van der Waals surface area contributed by atoms with Crippen LogP contribution >= 0.6 is 0 Å². The van der Waals surface area contributed by atoms with Crippen molar-refractivity contribution in [1.29, 1.82) is 0 Å². The van der Waals surface area contributed by atoms with Crippen LogP contribution in [0.1, 0.15) is 0 Å². The first-order valence-corrected chi connectivity index (χ1v) is 1.67. The highest BCUT2D eigenvalue weighted by Gasteiger charge is 1.76. The predicted molar refractivity (Wildman–Crippen MR) is 21.8 cm³/mol. The highest BCUT2D eigenvalue weighted by Crippen LogP contribution is 1.13. The van der Waals surface area contributed by atoms with Gasteiger partial charge in [0.2, 0.25) is 0 Å². The highest BCUT2D eigenvalue weighted by atomic mass is 16.3. The van der Waals surface area contributed by atoms with Gasteiger partial charge in [-0.25, -0.2) is 0 Å². The Bertz CT molecular complexity index is 22.8. The normalized spacial score (nSPS) is 8.00. The lowest BCUT2D eigenvalue weighted by Crippen LogP contribution is -3.05. The molecule has 0 aromatic carbocycles. The Labute approximate surface area is 37.5 Å². The fourth-order valence-electron chi connectivity index (χ4n) is 0. The van der Waals surface area contributed by atoms with Gasteiger partial charge in [0, 0.05) is 0 Å². The van der Waals surface area contributed by atoms with Crippen LogP contribution < -0.4 is 4.90 Å². The summed E-state index contributed by atoms with van der Waals surface area (Å²) in [4.78, 5) is 1.06. The Morgan fingerprint density at radius 3 is 1.67 bits per heavy atom. The maximum Gasteiger partial charge on any atom is 0.178 e. The Kier molecular flexibility index (Phi) is 7.57. The quantitative estimate of drug-likeness (QED) is 0.365. The molecule has 0 unspecified atom stereocenters. The zero-order valence-electron chi connectivity index (χ0n) is 4.10. The van der Waals surface area contributed by atoms with Crippen molar-refractivity contribution in [2.24, 2.45) is 0 Å². The first-order valence-electron chi connectivity index (χ1n) is 1.67. The van der Waals surface area contributed by atoms with Crippen molar-refractivity contribution in [2.75, 3.05) is 20.8 Å². The molecule has 0 aromatic heterocycles. The van der Waals surface area contributed by atoms with Gasteiger partial charge in [0.1, 0.15) is 0 Å². The van der Waals surface area contributed by atoms with Crippen LogP contribution in [0.15, 0.2) is 0 Å². The maximum absolute atomic E-state index is 8.11. The van der Waals surface area contributed by atoms with E-state index in [1.807, 2.05) is 14.1 Å². The van der Waals surface area contributed by atoms with E-state index >= 15 is 0 Å². The van der Waals surface area contributed by atoms with E-state index in [9.17, 15) is 0 Å². The van der Waals surface area contributed by atoms with Crippen LogP contribution in [0.3, 0.4) is 0 Å². The number of aliphatic hydroxyl groups is 1. The zero-order valence-corrected chi connectivity index (χ0v) is 4.10. The predicted octanol–water partition coefficient (Wildman–Crippen LogP) is -2.10. The second-order valence-electron chi connectivity index (χ2n) is 1.37. The van der Waals surface area contributed by atoms with Crippen LogP contribution in [0.4, 0.5) is 0 Å². The minimum absolute atomic E-state index is 0. The molecular formula is C3H11NO2. The monoisotopic (exact) mass is 93.1 g/mol. The molecule has 0 saturated heterocycles. The molecule has 0 aliphatic rings. The molecule has 0 aromatic rings. The average Bonchev–Trinajstić information content (AvgIpc) is 1.38. The summed E-state index contributed by atoms with van der Waals surface area (Å²) in [5, 5.41) is 8.11. The zero-order chi connectivity index (χ0) is 4.28. The first-order chi connectivity index (χ1) is 2.27. The van der Waals surface area contributed by atoms with Gasteiger partial charge in [-0.1, -0.05) is 0 Å². The van der Waals surface area contributed by atoms with Gasteiger partial charge in [0.15, 0.2) is 6.73 Å². The minimum Gasteiger partial charge on any atom is -0.870 e. The van der Waals surface area contributed by atoms with Crippen molar-refractivity contribution in [2.45, 2.75) is 0 Å². The molecule has 0 fully saturated rings. The van der Waals surface area contributed by atoms with Gasteiger partial charge < -0.3 is 15.5 Å². The number of quaternary nitrogens is 1. The maximum atomic E-state index is 8.11. The first kappa shape index (κ1) is 9.30. The van der Waals surface area contributed by atoms with Crippen LogP contribution in [0, 0.1) is 0 Å². The number of aliphatic hydroxyl groups excluding tert-OH is 1. The molecule has 0 spiro atoms. The Hall–Kier alpha value is -0.120. The van der Waals surface area contributed by atoms with E-state index in [0.717, 1.165) is 4.90 Å². The fourth-order valence-corrected chi connectivity index (χ4v) is 0. The molecular weight excluding hydrogens is 82.0 g/mol. The summed E-state index contributed by atoms with van der Waals surface area (Å²) in [7, 11) is 3.78. The van der Waals surface area contributed by atoms with Gasteiger partial charge in [0.25, 0.3) is 0 Å². The number of nitrogens with one attached hydrogen (secondary N) is 1. The topological polar surface area (TPSA) is 54.7 Å². The van der Waals surface area contributed by atoms with Gasteiger partial charge in [-0.2, -0.15) is 0 Å². The van der Waals surface area contributed by atoms with Crippen LogP contribution in [0.25, 0.3) is 0 Å². The summed E-state index contributed by atoms with van der Waals surface area (Å²) in [5.74, 6) is 0. The van der Waals surface area contributed by atoms with Crippen molar-refractivity contribution in [3.63, 3.8) is 0 Å². The third-order valence-corrected chi connectivity index (χ3v) is 0.316. The summed E-state index contributed by atoms with van der Waals surface area (Å²) in [6, 6.07) is 0. The summed E-state index contributed by atoms with van der Waals surface area (Å²) in [6.45, 7) is 0.222. The number of hydrogen-bond acceptors (Lipinski definition) is 2. The molecule has 3 nitrogen and oxygen atoms in total. The molecule has 0 amide bonds. The highest BCUT2D eigenvalue weighted by molar-refractivity contribution is 3.71. The van der Waals surface area contributed by atoms with Crippen LogP contribution in [0.2, 0.25) is 0 Å². The SMILES string of the molecule is C[NH+](C)CO.[OH-]. The van der Waals surface area contributed by atoms with Crippen molar-refractivity contribution in [3.05, 3.63) is 0 Å². The molecule has 0 aliphatic carbocycles. The smallest absolute Gasteiger partial charge is 0.178 e. The second kappa shape index (κ2) is 4.88. The van der Waals surface area contributed by atoms with Crippen LogP contribution in [-0.4, -0.2) is 31.4 Å². The Morgan fingerprint density at radius 2 is 1.67 bits per heavy atom. The molecule has 0 aliphatic heterocycles. The van der Waals surface area contributed by atoms with Crippen molar-refractivity contribution < 1.29 is 15.5 Å². The molecule has 0 rings (SSSR count). The minimum atomic E-state index is 0. The van der Waals surface area contributed by atoms with Gasteiger partial charge in [-0.05, 0) is 0 Å². The number of hydrogen-bond donors (Lipinski definition) is 2. The molecule has 40 valence electrons. The van der Waals surface area contributed by atoms with Crippen LogP contribution in [0.5, 0.6) is 0 Å². The lowest BCUT2D eigenvalue weighted by atomic mass is 11.0. The van der Waals surface area contributed by atoms with Crippen LogP contribution in [-0.2, 0) is 0 Å². The average molecular weight is 93.1 g/mol.